The lowest BCUT2D eigenvalue weighted by Gasteiger charge is -2.32. The molecule has 2 amide bonds. The summed E-state index contributed by atoms with van der Waals surface area (Å²) in [5.41, 5.74) is 1.92. The van der Waals surface area contributed by atoms with Crippen LogP contribution in [-0.4, -0.2) is 46.9 Å². The van der Waals surface area contributed by atoms with Crippen molar-refractivity contribution in [2.45, 2.75) is 39.2 Å². The van der Waals surface area contributed by atoms with Gasteiger partial charge in [-0.3, -0.25) is 0 Å². The van der Waals surface area contributed by atoms with Crippen LogP contribution in [0.15, 0.2) is 28.8 Å². The first-order valence-corrected chi connectivity index (χ1v) is 8.64. The smallest absolute Gasteiger partial charge is 0.321 e. The van der Waals surface area contributed by atoms with E-state index in [-0.39, 0.29) is 12.1 Å². The monoisotopic (exact) mass is 344 g/mol. The number of hydrogen-bond donors (Lipinski definition) is 1. The van der Waals surface area contributed by atoms with E-state index in [1.165, 1.54) is 0 Å². The maximum atomic E-state index is 12.4. The largest absolute Gasteiger partial charge is 0.378 e. The summed E-state index contributed by atoms with van der Waals surface area (Å²) in [7, 11) is 0. The van der Waals surface area contributed by atoms with Crippen molar-refractivity contribution >= 4 is 11.7 Å². The van der Waals surface area contributed by atoms with Crippen LogP contribution >= 0.6 is 0 Å². The van der Waals surface area contributed by atoms with E-state index in [4.69, 9.17) is 9.26 Å². The molecular weight excluding hydrogens is 320 g/mol. The maximum absolute atomic E-state index is 12.4. The number of para-hydroxylation sites is 1. The summed E-state index contributed by atoms with van der Waals surface area (Å²) < 4.78 is 10.8. The first-order chi connectivity index (χ1) is 12.1. The molecule has 7 nitrogen and oxygen atoms in total. The molecule has 0 spiro atoms. The Labute approximate surface area is 147 Å². The molecule has 0 bridgehead atoms. The molecule has 3 rings (SSSR count). The van der Waals surface area contributed by atoms with Crippen molar-refractivity contribution in [2.75, 3.05) is 25.0 Å². The number of benzene rings is 1. The lowest BCUT2D eigenvalue weighted by atomic mass is 10.1. The second kappa shape index (κ2) is 8.11. The Morgan fingerprint density at radius 3 is 2.76 bits per heavy atom. The molecule has 1 saturated heterocycles. The number of carbonyl (C=O) groups is 1. The van der Waals surface area contributed by atoms with E-state index < -0.39 is 0 Å². The molecule has 0 radical (unpaired) electrons. The minimum absolute atomic E-state index is 0.0463. The number of amides is 2. The standard InChI is InChI=1S/C18H24N4O3/c1-13-5-3-4-6-16(13)20-18(23)22-10-7-15(8-11-22)24-12-9-17-19-14(2)25-21-17/h3-6,15H,7-12H2,1-2H3,(H,20,23). The second-order valence-electron chi connectivity index (χ2n) is 6.28. The fourth-order valence-corrected chi connectivity index (χ4v) is 2.89. The van der Waals surface area contributed by atoms with Crippen molar-refractivity contribution in [3.05, 3.63) is 41.5 Å². The molecule has 134 valence electrons. The summed E-state index contributed by atoms with van der Waals surface area (Å²) in [6, 6.07) is 7.75. The average Bonchev–Trinajstić information content (AvgIpc) is 3.03. The molecule has 0 saturated carbocycles. The van der Waals surface area contributed by atoms with Crippen molar-refractivity contribution in [2.24, 2.45) is 0 Å². The Hall–Kier alpha value is -2.41. The van der Waals surface area contributed by atoms with Gasteiger partial charge in [-0.05, 0) is 31.4 Å². The Morgan fingerprint density at radius 1 is 1.32 bits per heavy atom. The fraction of sp³-hybridized carbons (Fsp3) is 0.500. The zero-order chi connectivity index (χ0) is 17.6. The van der Waals surface area contributed by atoms with Gasteiger partial charge in [0.15, 0.2) is 5.82 Å². The van der Waals surface area contributed by atoms with E-state index in [0.717, 1.165) is 24.1 Å². The molecule has 0 aliphatic carbocycles. The Bertz CT molecular complexity index is 708. The van der Waals surface area contributed by atoms with E-state index in [9.17, 15) is 4.79 Å². The van der Waals surface area contributed by atoms with Crippen LogP contribution in [0.4, 0.5) is 10.5 Å². The highest BCUT2D eigenvalue weighted by Gasteiger charge is 2.23. The summed E-state index contributed by atoms with van der Waals surface area (Å²) >= 11 is 0. The number of likely N-dealkylation sites (tertiary alicyclic amines) is 1. The van der Waals surface area contributed by atoms with Gasteiger partial charge in [0, 0.05) is 32.1 Å². The molecule has 1 N–H and O–H groups in total. The third kappa shape index (κ3) is 4.79. The van der Waals surface area contributed by atoms with Crippen molar-refractivity contribution in [1.82, 2.24) is 15.0 Å². The SMILES string of the molecule is Cc1nc(CCOC2CCN(C(=O)Nc3ccccc3C)CC2)no1. The number of urea groups is 1. The van der Waals surface area contributed by atoms with Crippen LogP contribution in [0.1, 0.15) is 30.1 Å². The van der Waals surface area contributed by atoms with Crippen molar-refractivity contribution in [3.63, 3.8) is 0 Å². The number of rotatable bonds is 5. The van der Waals surface area contributed by atoms with E-state index in [1.54, 1.807) is 6.92 Å². The minimum atomic E-state index is -0.0463. The number of hydrogen-bond acceptors (Lipinski definition) is 5. The summed E-state index contributed by atoms with van der Waals surface area (Å²) in [4.78, 5) is 18.4. The first-order valence-electron chi connectivity index (χ1n) is 8.64. The predicted molar refractivity (Wildman–Crippen MR) is 93.5 cm³/mol. The van der Waals surface area contributed by atoms with Crippen LogP contribution in [0.2, 0.25) is 0 Å². The highest BCUT2D eigenvalue weighted by atomic mass is 16.5. The molecule has 0 atom stereocenters. The lowest BCUT2D eigenvalue weighted by molar-refractivity contribution is 0.0168. The quantitative estimate of drug-likeness (QED) is 0.902. The number of anilines is 1. The Kier molecular flexibility index (Phi) is 5.65. The van der Waals surface area contributed by atoms with E-state index in [0.29, 0.717) is 37.8 Å². The molecule has 25 heavy (non-hydrogen) atoms. The molecule has 2 heterocycles. The molecule has 1 aromatic carbocycles. The summed E-state index contributed by atoms with van der Waals surface area (Å²) in [6.45, 7) is 5.72. The van der Waals surface area contributed by atoms with Gasteiger partial charge < -0.3 is 19.5 Å². The molecule has 1 aliphatic rings. The van der Waals surface area contributed by atoms with Gasteiger partial charge in [-0.1, -0.05) is 23.4 Å². The highest BCUT2D eigenvalue weighted by molar-refractivity contribution is 5.90. The number of aromatic nitrogens is 2. The van der Waals surface area contributed by atoms with Crippen LogP contribution in [0.5, 0.6) is 0 Å². The number of nitrogens with one attached hydrogen (secondary N) is 1. The van der Waals surface area contributed by atoms with E-state index in [1.807, 2.05) is 36.1 Å². The average molecular weight is 344 g/mol. The zero-order valence-electron chi connectivity index (χ0n) is 14.7. The lowest BCUT2D eigenvalue weighted by Crippen LogP contribution is -2.43. The van der Waals surface area contributed by atoms with Gasteiger partial charge in [-0.2, -0.15) is 4.98 Å². The number of nitrogens with zero attached hydrogens (tertiary/aromatic N) is 3. The van der Waals surface area contributed by atoms with Crippen LogP contribution in [0.3, 0.4) is 0 Å². The van der Waals surface area contributed by atoms with Gasteiger partial charge >= 0.3 is 6.03 Å². The van der Waals surface area contributed by atoms with Crippen LogP contribution in [0.25, 0.3) is 0 Å². The number of aryl methyl sites for hydroxylation is 2. The fourth-order valence-electron chi connectivity index (χ4n) is 2.89. The molecule has 1 aromatic heterocycles. The minimum Gasteiger partial charge on any atom is -0.378 e. The molecule has 7 heteroatoms. The summed E-state index contributed by atoms with van der Waals surface area (Å²) in [6.07, 6.45) is 2.50. The molecular formula is C18H24N4O3. The number of piperidine rings is 1. The third-order valence-corrected chi connectivity index (χ3v) is 4.36. The maximum Gasteiger partial charge on any atom is 0.321 e. The van der Waals surface area contributed by atoms with E-state index >= 15 is 0 Å². The topological polar surface area (TPSA) is 80.5 Å². The van der Waals surface area contributed by atoms with Crippen molar-refractivity contribution in [1.29, 1.82) is 0 Å². The van der Waals surface area contributed by atoms with Gasteiger partial charge in [0.2, 0.25) is 5.89 Å². The third-order valence-electron chi connectivity index (χ3n) is 4.36. The summed E-state index contributed by atoms with van der Waals surface area (Å²) in [5, 5.41) is 6.83. The normalized spacial score (nSPS) is 15.4. The van der Waals surface area contributed by atoms with Gasteiger partial charge in [0.1, 0.15) is 0 Å². The second-order valence-corrected chi connectivity index (χ2v) is 6.28. The van der Waals surface area contributed by atoms with Crippen LogP contribution < -0.4 is 5.32 Å². The van der Waals surface area contributed by atoms with Crippen molar-refractivity contribution in [3.8, 4) is 0 Å². The van der Waals surface area contributed by atoms with Gasteiger partial charge in [-0.25, -0.2) is 4.79 Å². The molecule has 1 fully saturated rings. The number of carbonyl (C=O) groups excluding carboxylic acids is 1. The zero-order valence-corrected chi connectivity index (χ0v) is 14.7. The van der Waals surface area contributed by atoms with E-state index in [2.05, 4.69) is 15.5 Å². The molecule has 2 aromatic rings. The van der Waals surface area contributed by atoms with Crippen LogP contribution in [0, 0.1) is 13.8 Å². The van der Waals surface area contributed by atoms with Gasteiger partial charge in [0.25, 0.3) is 0 Å². The number of ether oxygens (including phenoxy) is 1. The summed E-state index contributed by atoms with van der Waals surface area (Å²) in [5.74, 6) is 1.25. The predicted octanol–water partition coefficient (Wildman–Crippen LogP) is 2.94. The first kappa shape index (κ1) is 17.4. The Balaban J connectivity index is 1.39. The molecule has 1 aliphatic heterocycles. The highest BCUT2D eigenvalue weighted by Crippen LogP contribution is 2.17. The molecule has 0 unspecified atom stereocenters. The Morgan fingerprint density at radius 2 is 2.08 bits per heavy atom. The van der Waals surface area contributed by atoms with Gasteiger partial charge in [-0.15, -0.1) is 0 Å². The van der Waals surface area contributed by atoms with Crippen LogP contribution in [-0.2, 0) is 11.2 Å². The van der Waals surface area contributed by atoms with Gasteiger partial charge in [0.05, 0.1) is 12.7 Å². The van der Waals surface area contributed by atoms with Crippen molar-refractivity contribution < 1.29 is 14.1 Å².